The van der Waals surface area contributed by atoms with Crippen molar-refractivity contribution in [2.75, 3.05) is 6.61 Å². The summed E-state index contributed by atoms with van der Waals surface area (Å²) in [6, 6.07) is 5.65. The summed E-state index contributed by atoms with van der Waals surface area (Å²) in [6.45, 7) is 2.76. The fourth-order valence-corrected chi connectivity index (χ4v) is 2.75. The van der Waals surface area contributed by atoms with E-state index >= 15 is 0 Å². The predicted molar refractivity (Wildman–Crippen MR) is 76.1 cm³/mol. The van der Waals surface area contributed by atoms with Crippen LogP contribution in [-0.4, -0.2) is 6.61 Å². The first-order valence-electron chi connectivity index (χ1n) is 6.84. The van der Waals surface area contributed by atoms with E-state index in [1.54, 1.807) is 0 Å². The number of hydrogen-bond donors (Lipinski definition) is 1. The Labute approximate surface area is 114 Å². The minimum atomic E-state index is -0.0509. The van der Waals surface area contributed by atoms with Gasteiger partial charge >= 0.3 is 0 Å². The second-order valence-corrected chi connectivity index (χ2v) is 5.72. The van der Waals surface area contributed by atoms with Gasteiger partial charge in [-0.1, -0.05) is 30.9 Å². The third-order valence-corrected chi connectivity index (χ3v) is 3.90. The third-order valence-electron chi connectivity index (χ3n) is 3.66. The molecule has 18 heavy (non-hydrogen) atoms. The molecule has 1 aliphatic carbocycles. The first-order chi connectivity index (χ1) is 8.66. The Morgan fingerprint density at radius 2 is 2.06 bits per heavy atom. The Morgan fingerprint density at radius 1 is 1.33 bits per heavy atom. The molecule has 0 radical (unpaired) electrons. The van der Waals surface area contributed by atoms with Gasteiger partial charge in [0.15, 0.2) is 0 Å². The molecule has 1 fully saturated rings. The van der Waals surface area contributed by atoms with E-state index in [-0.39, 0.29) is 6.04 Å². The van der Waals surface area contributed by atoms with Crippen molar-refractivity contribution in [2.24, 2.45) is 11.7 Å². The highest BCUT2D eigenvalue weighted by atomic mass is 35.5. The maximum absolute atomic E-state index is 6.00. The molecule has 1 aromatic carbocycles. The van der Waals surface area contributed by atoms with Crippen LogP contribution >= 0.6 is 11.6 Å². The van der Waals surface area contributed by atoms with Crippen LogP contribution in [0.4, 0.5) is 0 Å². The predicted octanol–water partition coefficient (Wildman–Crippen LogP) is 4.32. The van der Waals surface area contributed by atoms with E-state index in [1.165, 1.54) is 32.1 Å². The summed E-state index contributed by atoms with van der Waals surface area (Å²) in [5.74, 6) is 1.59. The van der Waals surface area contributed by atoms with E-state index in [4.69, 9.17) is 22.1 Å². The molecule has 100 valence electrons. The van der Waals surface area contributed by atoms with Crippen molar-refractivity contribution in [3.8, 4) is 5.75 Å². The van der Waals surface area contributed by atoms with Crippen molar-refractivity contribution in [1.82, 2.24) is 0 Å². The topological polar surface area (TPSA) is 35.2 Å². The smallest absolute Gasteiger partial charge is 0.124 e. The second kappa shape index (κ2) is 6.44. The SMILES string of the molecule is C[C@@H](N)c1cc(Cl)ccc1OCC1CCCCC1. The lowest BCUT2D eigenvalue weighted by atomic mass is 9.90. The molecule has 1 atom stereocenters. The second-order valence-electron chi connectivity index (χ2n) is 5.29. The first-order valence-corrected chi connectivity index (χ1v) is 7.22. The van der Waals surface area contributed by atoms with E-state index in [0.717, 1.165) is 17.9 Å². The zero-order chi connectivity index (χ0) is 13.0. The number of nitrogens with two attached hydrogens (primary N) is 1. The molecule has 2 rings (SSSR count). The van der Waals surface area contributed by atoms with Gasteiger partial charge in [0.1, 0.15) is 5.75 Å². The molecular formula is C15H22ClNO. The Balaban J connectivity index is 1.99. The van der Waals surface area contributed by atoms with Gasteiger partial charge in [0.2, 0.25) is 0 Å². The molecule has 0 amide bonds. The van der Waals surface area contributed by atoms with Crippen LogP contribution < -0.4 is 10.5 Å². The minimum absolute atomic E-state index is 0.0509. The lowest BCUT2D eigenvalue weighted by Gasteiger charge is -2.23. The third kappa shape index (κ3) is 3.63. The Hall–Kier alpha value is -0.730. The molecule has 1 aromatic rings. The summed E-state index contributed by atoms with van der Waals surface area (Å²) in [5, 5.41) is 0.715. The van der Waals surface area contributed by atoms with Crippen LogP contribution in [0.5, 0.6) is 5.75 Å². The number of rotatable bonds is 4. The van der Waals surface area contributed by atoms with E-state index in [1.807, 2.05) is 25.1 Å². The molecule has 0 aliphatic heterocycles. The summed E-state index contributed by atoms with van der Waals surface area (Å²) in [4.78, 5) is 0. The number of halogens is 1. The Morgan fingerprint density at radius 3 is 2.72 bits per heavy atom. The number of hydrogen-bond acceptors (Lipinski definition) is 2. The fraction of sp³-hybridized carbons (Fsp3) is 0.600. The molecule has 0 saturated heterocycles. The van der Waals surface area contributed by atoms with Gasteiger partial charge in [-0.15, -0.1) is 0 Å². The molecule has 0 heterocycles. The zero-order valence-corrected chi connectivity index (χ0v) is 11.7. The molecule has 1 aliphatic rings. The van der Waals surface area contributed by atoms with Crippen LogP contribution in [0, 0.1) is 5.92 Å². The van der Waals surface area contributed by atoms with Crippen molar-refractivity contribution in [3.63, 3.8) is 0 Å². The monoisotopic (exact) mass is 267 g/mol. The van der Waals surface area contributed by atoms with Gasteiger partial charge in [-0.2, -0.15) is 0 Å². The molecule has 0 spiro atoms. The van der Waals surface area contributed by atoms with Crippen molar-refractivity contribution < 1.29 is 4.74 Å². The number of ether oxygens (including phenoxy) is 1. The lowest BCUT2D eigenvalue weighted by Crippen LogP contribution is -2.16. The van der Waals surface area contributed by atoms with E-state index in [9.17, 15) is 0 Å². The van der Waals surface area contributed by atoms with Gasteiger partial charge in [-0.05, 0) is 43.9 Å². The summed E-state index contributed by atoms with van der Waals surface area (Å²) >= 11 is 6.00. The summed E-state index contributed by atoms with van der Waals surface area (Å²) < 4.78 is 5.95. The van der Waals surface area contributed by atoms with E-state index < -0.39 is 0 Å². The van der Waals surface area contributed by atoms with E-state index in [0.29, 0.717) is 10.9 Å². The van der Waals surface area contributed by atoms with Crippen LogP contribution in [0.15, 0.2) is 18.2 Å². The maximum Gasteiger partial charge on any atom is 0.124 e. The molecular weight excluding hydrogens is 246 g/mol. The summed E-state index contributed by atoms with van der Waals surface area (Å²) in [6.07, 6.45) is 6.65. The molecule has 0 unspecified atom stereocenters. The zero-order valence-electron chi connectivity index (χ0n) is 11.0. The van der Waals surface area contributed by atoms with Gasteiger partial charge in [-0.3, -0.25) is 0 Å². The highest BCUT2D eigenvalue weighted by Gasteiger charge is 2.15. The first kappa shape index (κ1) is 13.7. The van der Waals surface area contributed by atoms with Crippen LogP contribution in [0.25, 0.3) is 0 Å². The molecule has 3 heteroatoms. The average molecular weight is 268 g/mol. The standard InChI is InChI=1S/C15H22ClNO/c1-11(17)14-9-13(16)7-8-15(14)18-10-12-5-3-2-4-6-12/h7-9,11-12H,2-6,10,17H2,1H3/t11-/m1/s1. The summed E-state index contributed by atoms with van der Waals surface area (Å²) in [7, 11) is 0. The normalized spacial score (nSPS) is 18.6. The van der Waals surface area contributed by atoms with Gasteiger partial charge < -0.3 is 10.5 Å². The van der Waals surface area contributed by atoms with Crippen LogP contribution in [0.2, 0.25) is 5.02 Å². The average Bonchev–Trinajstić information content (AvgIpc) is 2.38. The molecule has 1 saturated carbocycles. The van der Waals surface area contributed by atoms with Crippen molar-refractivity contribution in [2.45, 2.75) is 45.1 Å². The van der Waals surface area contributed by atoms with Crippen molar-refractivity contribution >= 4 is 11.6 Å². The minimum Gasteiger partial charge on any atom is -0.493 e. The van der Waals surface area contributed by atoms with Gasteiger partial charge in [0, 0.05) is 16.6 Å². The highest BCUT2D eigenvalue weighted by Crippen LogP contribution is 2.29. The highest BCUT2D eigenvalue weighted by molar-refractivity contribution is 6.30. The Kier molecular flexibility index (Phi) is 4.90. The van der Waals surface area contributed by atoms with Crippen molar-refractivity contribution in [3.05, 3.63) is 28.8 Å². The van der Waals surface area contributed by atoms with Gasteiger partial charge in [0.25, 0.3) is 0 Å². The van der Waals surface area contributed by atoms with Crippen LogP contribution in [0.3, 0.4) is 0 Å². The van der Waals surface area contributed by atoms with Gasteiger partial charge in [-0.25, -0.2) is 0 Å². The molecule has 2 nitrogen and oxygen atoms in total. The molecule has 0 aromatic heterocycles. The van der Waals surface area contributed by atoms with Crippen LogP contribution in [0.1, 0.15) is 50.6 Å². The quantitative estimate of drug-likeness (QED) is 0.882. The lowest BCUT2D eigenvalue weighted by molar-refractivity contribution is 0.207. The Bertz CT molecular complexity index is 386. The van der Waals surface area contributed by atoms with Gasteiger partial charge in [0.05, 0.1) is 6.61 Å². The summed E-state index contributed by atoms with van der Waals surface area (Å²) in [5.41, 5.74) is 6.95. The molecule has 2 N–H and O–H groups in total. The van der Waals surface area contributed by atoms with E-state index in [2.05, 4.69) is 0 Å². The largest absolute Gasteiger partial charge is 0.493 e. The van der Waals surface area contributed by atoms with Crippen molar-refractivity contribution in [1.29, 1.82) is 0 Å². The number of benzene rings is 1. The maximum atomic E-state index is 6.00. The molecule has 0 bridgehead atoms. The van der Waals surface area contributed by atoms with Crippen LogP contribution in [-0.2, 0) is 0 Å². The fourth-order valence-electron chi connectivity index (χ4n) is 2.57.